The van der Waals surface area contributed by atoms with E-state index in [2.05, 4.69) is 4.72 Å². The van der Waals surface area contributed by atoms with Gasteiger partial charge < -0.3 is 20.0 Å². The van der Waals surface area contributed by atoms with E-state index in [0.717, 1.165) is 0 Å². The van der Waals surface area contributed by atoms with Crippen LogP contribution < -0.4 is 15.2 Å². The van der Waals surface area contributed by atoms with Gasteiger partial charge in [-0.2, -0.15) is 0 Å². The van der Waals surface area contributed by atoms with Gasteiger partial charge in [-0.3, -0.25) is 4.79 Å². The molecule has 10 heteroatoms. The fraction of sp³-hybridized carbons (Fsp3) is 0.167. The Morgan fingerprint density at radius 3 is 2.54 bits per heavy atom. The molecule has 4 N–H and O–H groups in total. The van der Waals surface area contributed by atoms with E-state index < -0.39 is 21.5 Å². The fourth-order valence-corrected chi connectivity index (χ4v) is 4.36. The van der Waals surface area contributed by atoms with Crippen LogP contribution in [0.3, 0.4) is 0 Å². The summed E-state index contributed by atoms with van der Waals surface area (Å²) in [5, 5.41) is 12.9. The molecule has 0 spiro atoms. The highest BCUT2D eigenvalue weighted by atomic mass is 32.2. The Kier molecular flexibility index (Phi) is 5.84. The van der Waals surface area contributed by atoms with Gasteiger partial charge in [0.15, 0.2) is 12.2 Å². The summed E-state index contributed by atoms with van der Waals surface area (Å²) in [6.07, 6.45) is 1.41. The van der Waals surface area contributed by atoms with Crippen molar-refractivity contribution in [2.45, 2.75) is 10.5 Å². The number of nitrogens with two attached hydrogens (primary N) is 1. The first-order chi connectivity index (χ1) is 13.3. The number of sulfonamides is 1. The Bertz CT molecular complexity index is 978. The predicted octanol–water partition coefficient (Wildman–Crippen LogP) is 1.42. The zero-order valence-corrected chi connectivity index (χ0v) is 16.2. The van der Waals surface area contributed by atoms with Crippen molar-refractivity contribution in [3.05, 3.63) is 70.8 Å². The lowest BCUT2D eigenvalue weighted by molar-refractivity contribution is -0.119. The Hall–Kier alpha value is -2.66. The zero-order chi connectivity index (χ0) is 20.2. The number of hydrogen-bond acceptors (Lipinski definition) is 7. The second-order valence-electron chi connectivity index (χ2n) is 5.87. The summed E-state index contributed by atoms with van der Waals surface area (Å²) in [4.78, 5) is 11.3. The van der Waals surface area contributed by atoms with Gasteiger partial charge in [0.05, 0.1) is 17.7 Å². The highest BCUT2D eigenvalue weighted by molar-refractivity contribution is 7.89. The number of carbonyl (C=O) groups excluding carboxylic acids is 1. The lowest BCUT2D eigenvalue weighted by Crippen LogP contribution is -2.40. The van der Waals surface area contributed by atoms with Gasteiger partial charge in [0, 0.05) is 4.88 Å². The quantitative estimate of drug-likeness (QED) is 0.478. The number of aliphatic hydroxyl groups is 1. The average molecular weight is 422 g/mol. The first-order valence-corrected chi connectivity index (χ1v) is 10.5. The number of nitrogens with one attached hydrogen (secondary N) is 1. The van der Waals surface area contributed by atoms with E-state index in [1.165, 1.54) is 41.9 Å². The molecule has 2 heterocycles. The Labute approximate surface area is 165 Å². The normalized spacial score (nSPS) is 13.8. The van der Waals surface area contributed by atoms with E-state index in [1.54, 1.807) is 29.6 Å². The largest absolute Gasteiger partial charge is 0.484 e. The summed E-state index contributed by atoms with van der Waals surface area (Å²) >= 11 is 1.29. The summed E-state index contributed by atoms with van der Waals surface area (Å²) in [6, 6.07) is 12.1. The average Bonchev–Trinajstić information content (AvgIpc) is 3.39. The van der Waals surface area contributed by atoms with E-state index in [-0.39, 0.29) is 23.8 Å². The fourth-order valence-electron chi connectivity index (χ4n) is 2.48. The lowest BCUT2D eigenvalue weighted by atomic mass is 9.99. The number of primary amides is 1. The molecule has 0 aliphatic heterocycles. The highest BCUT2D eigenvalue weighted by Crippen LogP contribution is 2.33. The van der Waals surface area contributed by atoms with Crippen LogP contribution in [-0.4, -0.2) is 32.6 Å². The van der Waals surface area contributed by atoms with Crippen LogP contribution in [0.4, 0.5) is 0 Å². The molecule has 148 valence electrons. The van der Waals surface area contributed by atoms with Crippen LogP contribution >= 0.6 is 11.3 Å². The molecule has 28 heavy (non-hydrogen) atoms. The van der Waals surface area contributed by atoms with E-state index >= 15 is 0 Å². The molecule has 8 nitrogen and oxygen atoms in total. The topological polar surface area (TPSA) is 132 Å². The number of rotatable bonds is 9. The molecule has 1 amide bonds. The first-order valence-electron chi connectivity index (χ1n) is 8.12. The Morgan fingerprint density at radius 1 is 1.21 bits per heavy atom. The van der Waals surface area contributed by atoms with Crippen molar-refractivity contribution in [3.8, 4) is 5.75 Å². The van der Waals surface area contributed by atoms with Gasteiger partial charge >= 0.3 is 0 Å². The van der Waals surface area contributed by atoms with Gasteiger partial charge in [-0.25, -0.2) is 13.1 Å². The third-order valence-electron chi connectivity index (χ3n) is 3.89. The van der Waals surface area contributed by atoms with Gasteiger partial charge in [0.2, 0.25) is 10.0 Å². The molecule has 3 aromatic rings. The molecule has 3 rings (SSSR count). The van der Waals surface area contributed by atoms with Crippen LogP contribution in [0.1, 0.15) is 10.6 Å². The van der Waals surface area contributed by atoms with Crippen LogP contribution in [0, 0.1) is 0 Å². The van der Waals surface area contributed by atoms with Crippen molar-refractivity contribution in [1.29, 1.82) is 0 Å². The molecule has 0 saturated carbocycles. The maximum atomic E-state index is 12.6. The number of furan rings is 1. The van der Waals surface area contributed by atoms with Gasteiger partial charge in [-0.15, -0.1) is 11.3 Å². The van der Waals surface area contributed by atoms with Gasteiger partial charge in [-0.1, -0.05) is 6.07 Å². The molecule has 1 atom stereocenters. The van der Waals surface area contributed by atoms with Gasteiger partial charge in [-0.05, 0) is 47.8 Å². The van der Waals surface area contributed by atoms with Crippen molar-refractivity contribution in [3.63, 3.8) is 0 Å². The Balaban J connectivity index is 1.77. The second kappa shape index (κ2) is 8.15. The maximum absolute atomic E-state index is 12.6. The van der Waals surface area contributed by atoms with E-state index in [1.807, 2.05) is 0 Å². The second-order valence-corrected chi connectivity index (χ2v) is 8.58. The standard InChI is InChI=1S/C18H18N2O6S2/c19-17(21)11-26-13-5-7-14(8-6-13)28(23,24)20-12-18(22,15-3-1-9-25-15)16-4-2-10-27-16/h1-10,20,22H,11-12H2,(H2,19,21)/t18-/m0/s1. The van der Waals surface area contributed by atoms with E-state index in [9.17, 15) is 18.3 Å². The third kappa shape index (κ3) is 4.42. The monoisotopic (exact) mass is 422 g/mol. The minimum absolute atomic E-state index is 0.0214. The molecule has 0 unspecified atom stereocenters. The van der Waals surface area contributed by atoms with Crippen LogP contribution in [0.2, 0.25) is 0 Å². The van der Waals surface area contributed by atoms with Crippen molar-refractivity contribution < 1.29 is 27.5 Å². The molecule has 0 saturated heterocycles. The van der Waals surface area contributed by atoms with Crippen LogP contribution in [0.15, 0.2) is 69.5 Å². The van der Waals surface area contributed by atoms with Crippen molar-refractivity contribution >= 4 is 27.3 Å². The van der Waals surface area contributed by atoms with Gasteiger partial charge in [0.25, 0.3) is 5.91 Å². The van der Waals surface area contributed by atoms with Crippen LogP contribution in [0.5, 0.6) is 5.75 Å². The molecule has 2 aromatic heterocycles. The minimum Gasteiger partial charge on any atom is -0.484 e. The molecule has 0 aliphatic carbocycles. The van der Waals surface area contributed by atoms with Crippen molar-refractivity contribution in [2.75, 3.05) is 13.2 Å². The van der Waals surface area contributed by atoms with Crippen LogP contribution in [-0.2, 0) is 20.4 Å². The number of ether oxygens (including phenoxy) is 1. The number of carbonyl (C=O) groups is 1. The van der Waals surface area contributed by atoms with E-state index in [4.69, 9.17) is 14.9 Å². The zero-order valence-electron chi connectivity index (χ0n) is 14.6. The molecular formula is C18H18N2O6S2. The van der Waals surface area contributed by atoms with E-state index in [0.29, 0.717) is 10.6 Å². The maximum Gasteiger partial charge on any atom is 0.255 e. The summed E-state index contributed by atoms with van der Waals surface area (Å²) in [5.74, 6) is -0.0968. The Morgan fingerprint density at radius 2 is 1.96 bits per heavy atom. The number of benzene rings is 1. The third-order valence-corrected chi connectivity index (χ3v) is 6.33. The van der Waals surface area contributed by atoms with Gasteiger partial charge in [0.1, 0.15) is 11.5 Å². The van der Waals surface area contributed by atoms with Crippen molar-refractivity contribution in [2.24, 2.45) is 5.73 Å². The SMILES string of the molecule is NC(=O)COc1ccc(S(=O)(=O)NC[C@](O)(c2ccco2)c2cccs2)cc1. The summed E-state index contributed by atoms with van der Waals surface area (Å²) in [5.41, 5.74) is 3.36. The number of amides is 1. The summed E-state index contributed by atoms with van der Waals surface area (Å²) in [6.45, 7) is -0.620. The molecule has 0 bridgehead atoms. The summed E-state index contributed by atoms with van der Waals surface area (Å²) in [7, 11) is -3.92. The number of thiophene rings is 1. The number of hydrogen-bond donors (Lipinski definition) is 3. The van der Waals surface area contributed by atoms with Crippen LogP contribution in [0.25, 0.3) is 0 Å². The molecule has 0 radical (unpaired) electrons. The lowest BCUT2D eigenvalue weighted by Gasteiger charge is -2.25. The summed E-state index contributed by atoms with van der Waals surface area (Å²) < 4.78 is 38.1. The smallest absolute Gasteiger partial charge is 0.255 e. The van der Waals surface area contributed by atoms with Crippen molar-refractivity contribution in [1.82, 2.24) is 4.72 Å². The molecule has 0 fully saturated rings. The molecule has 1 aromatic carbocycles. The minimum atomic E-state index is -3.92. The molecule has 0 aliphatic rings. The highest BCUT2D eigenvalue weighted by Gasteiger charge is 2.37. The molecular weight excluding hydrogens is 404 g/mol. The first kappa shape index (κ1) is 20.1. The predicted molar refractivity (Wildman–Crippen MR) is 102 cm³/mol.